The fraction of sp³-hybridized carbons (Fsp3) is 0.316. The Morgan fingerprint density at radius 2 is 1.88 bits per heavy atom. The van der Waals surface area contributed by atoms with E-state index < -0.39 is 0 Å². The number of nitrogens with one attached hydrogen (secondary N) is 1. The average Bonchev–Trinajstić information content (AvgIpc) is 2.58. The number of unbranched alkanes of at least 4 members (excludes halogenated alkanes) is 1. The van der Waals surface area contributed by atoms with Crippen LogP contribution in [0.15, 0.2) is 42.5 Å². The maximum atomic E-state index is 12.3. The molecule has 2 aromatic carbocycles. The highest BCUT2D eigenvalue weighted by Crippen LogP contribution is 2.29. The summed E-state index contributed by atoms with van der Waals surface area (Å²) in [5.74, 6) is 1.20. The minimum Gasteiger partial charge on any atom is -0.497 e. The summed E-state index contributed by atoms with van der Waals surface area (Å²) < 4.78 is 11.0. The maximum absolute atomic E-state index is 12.3. The van der Waals surface area contributed by atoms with Gasteiger partial charge in [-0.1, -0.05) is 25.5 Å². The SMILES string of the molecule is CCCCOc1ccc(OC)cc1NC(=O)Cc1ccc(N)cc1.Cl. The van der Waals surface area contributed by atoms with Gasteiger partial charge in [-0.15, -0.1) is 12.4 Å². The van der Waals surface area contributed by atoms with E-state index in [1.807, 2.05) is 24.3 Å². The van der Waals surface area contributed by atoms with Gasteiger partial charge in [0.25, 0.3) is 0 Å². The zero-order valence-electron chi connectivity index (χ0n) is 14.6. The molecular weight excluding hydrogens is 340 g/mol. The molecule has 0 saturated carbocycles. The van der Waals surface area contributed by atoms with Crippen molar-refractivity contribution in [1.82, 2.24) is 0 Å². The predicted molar refractivity (Wildman–Crippen MR) is 104 cm³/mol. The number of hydrogen-bond acceptors (Lipinski definition) is 4. The Morgan fingerprint density at radius 1 is 1.16 bits per heavy atom. The molecule has 3 N–H and O–H groups in total. The van der Waals surface area contributed by atoms with Crippen LogP contribution in [0.3, 0.4) is 0 Å². The number of amides is 1. The van der Waals surface area contributed by atoms with Crippen LogP contribution in [0.2, 0.25) is 0 Å². The monoisotopic (exact) mass is 364 g/mol. The van der Waals surface area contributed by atoms with E-state index in [9.17, 15) is 4.79 Å². The summed E-state index contributed by atoms with van der Waals surface area (Å²) in [7, 11) is 1.59. The van der Waals surface area contributed by atoms with Gasteiger partial charge < -0.3 is 20.5 Å². The number of benzene rings is 2. The van der Waals surface area contributed by atoms with Gasteiger partial charge >= 0.3 is 0 Å². The summed E-state index contributed by atoms with van der Waals surface area (Å²) in [6.07, 6.45) is 2.28. The summed E-state index contributed by atoms with van der Waals surface area (Å²) in [5.41, 5.74) is 7.86. The Morgan fingerprint density at radius 3 is 2.52 bits per heavy atom. The summed E-state index contributed by atoms with van der Waals surface area (Å²) >= 11 is 0. The molecule has 0 saturated heterocycles. The molecule has 0 fully saturated rings. The number of carbonyl (C=O) groups excluding carboxylic acids is 1. The number of methoxy groups -OCH3 is 1. The maximum Gasteiger partial charge on any atom is 0.228 e. The molecule has 0 heterocycles. The molecule has 1 amide bonds. The number of nitrogen functional groups attached to an aromatic ring is 1. The van der Waals surface area contributed by atoms with Crippen LogP contribution in [0.25, 0.3) is 0 Å². The van der Waals surface area contributed by atoms with Gasteiger partial charge in [-0.25, -0.2) is 0 Å². The molecular formula is C19H25ClN2O3. The number of halogens is 1. The number of rotatable bonds is 8. The van der Waals surface area contributed by atoms with Crippen molar-refractivity contribution in [3.05, 3.63) is 48.0 Å². The van der Waals surface area contributed by atoms with Crippen LogP contribution in [-0.4, -0.2) is 19.6 Å². The molecule has 0 atom stereocenters. The first-order chi connectivity index (χ1) is 11.6. The molecule has 25 heavy (non-hydrogen) atoms. The van der Waals surface area contributed by atoms with E-state index in [1.165, 1.54) is 0 Å². The van der Waals surface area contributed by atoms with Crippen molar-refractivity contribution in [2.24, 2.45) is 0 Å². The standard InChI is InChI=1S/C19H24N2O3.ClH/c1-3-4-11-24-18-10-9-16(23-2)13-17(18)21-19(22)12-14-5-7-15(20)8-6-14;/h5-10,13H,3-4,11-12,20H2,1-2H3,(H,21,22);1H. The van der Waals surface area contributed by atoms with Gasteiger partial charge in [0.2, 0.25) is 5.91 Å². The summed E-state index contributed by atoms with van der Waals surface area (Å²) in [4.78, 5) is 12.3. The second-order valence-corrected chi connectivity index (χ2v) is 5.53. The lowest BCUT2D eigenvalue weighted by atomic mass is 10.1. The molecule has 0 radical (unpaired) electrons. The quantitative estimate of drug-likeness (QED) is 0.547. The molecule has 0 aliphatic carbocycles. The number of nitrogens with two attached hydrogens (primary N) is 1. The van der Waals surface area contributed by atoms with Crippen LogP contribution in [0, 0.1) is 0 Å². The van der Waals surface area contributed by atoms with Crippen molar-refractivity contribution in [3.63, 3.8) is 0 Å². The van der Waals surface area contributed by atoms with E-state index in [0.29, 0.717) is 29.5 Å². The van der Waals surface area contributed by atoms with E-state index in [4.69, 9.17) is 15.2 Å². The minimum absolute atomic E-state index is 0. The molecule has 0 unspecified atom stereocenters. The first-order valence-corrected chi connectivity index (χ1v) is 8.07. The molecule has 0 aromatic heterocycles. The number of anilines is 2. The lowest BCUT2D eigenvalue weighted by molar-refractivity contribution is -0.115. The summed E-state index contributed by atoms with van der Waals surface area (Å²) in [5, 5.41) is 2.90. The molecule has 0 aliphatic heterocycles. The van der Waals surface area contributed by atoms with Crippen LogP contribution in [0.1, 0.15) is 25.3 Å². The summed E-state index contributed by atoms with van der Waals surface area (Å²) in [6, 6.07) is 12.7. The highest BCUT2D eigenvalue weighted by atomic mass is 35.5. The van der Waals surface area contributed by atoms with Gasteiger partial charge in [-0.2, -0.15) is 0 Å². The predicted octanol–water partition coefficient (Wildman–Crippen LogP) is 4.06. The van der Waals surface area contributed by atoms with Crippen molar-refractivity contribution in [2.75, 3.05) is 24.8 Å². The Balaban J connectivity index is 0.00000312. The highest BCUT2D eigenvalue weighted by molar-refractivity contribution is 5.94. The molecule has 2 rings (SSSR count). The lowest BCUT2D eigenvalue weighted by Crippen LogP contribution is -2.15. The molecule has 5 nitrogen and oxygen atoms in total. The van der Waals surface area contributed by atoms with Gasteiger partial charge in [0.15, 0.2) is 0 Å². The Bertz CT molecular complexity index is 675. The smallest absolute Gasteiger partial charge is 0.228 e. The fourth-order valence-corrected chi connectivity index (χ4v) is 2.20. The highest BCUT2D eigenvalue weighted by Gasteiger charge is 2.10. The Hall–Kier alpha value is -2.40. The number of carbonyl (C=O) groups is 1. The Labute approximate surface area is 154 Å². The van der Waals surface area contributed by atoms with Gasteiger partial charge in [-0.3, -0.25) is 4.79 Å². The molecule has 0 bridgehead atoms. The zero-order chi connectivity index (χ0) is 17.4. The van der Waals surface area contributed by atoms with Crippen LogP contribution in [0.4, 0.5) is 11.4 Å². The number of hydrogen-bond donors (Lipinski definition) is 2. The van der Waals surface area contributed by atoms with Gasteiger partial charge in [0, 0.05) is 11.8 Å². The third kappa shape index (κ3) is 6.55. The van der Waals surface area contributed by atoms with E-state index in [0.717, 1.165) is 18.4 Å². The van der Waals surface area contributed by atoms with Crippen LogP contribution in [-0.2, 0) is 11.2 Å². The molecule has 2 aromatic rings. The first kappa shape index (κ1) is 20.6. The zero-order valence-corrected chi connectivity index (χ0v) is 15.4. The summed E-state index contributed by atoms with van der Waals surface area (Å²) in [6.45, 7) is 2.72. The molecule has 0 aliphatic rings. The van der Waals surface area contributed by atoms with Crippen molar-refractivity contribution in [2.45, 2.75) is 26.2 Å². The van der Waals surface area contributed by atoms with Crippen molar-refractivity contribution >= 4 is 29.7 Å². The second-order valence-electron chi connectivity index (χ2n) is 5.53. The van der Waals surface area contributed by atoms with E-state index in [1.54, 1.807) is 25.3 Å². The normalized spacial score (nSPS) is 9.84. The van der Waals surface area contributed by atoms with Crippen LogP contribution >= 0.6 is 12.4 Å². The third-order valence-electron chi connectivity index (χ3n) is 3.56. The molecule has 6 heteroatoms. The van der Waals surface area contributed by atoms with E-state index in [2.05, 4.69) is 12.2 Å². The second kappa shape index (κ2) is 10.5. The molecule has 136 valence electrons. The first-order valence-electron chi connectivity index (χ1n) is 8.07. The van der Waals surface area contributed by atoms with Crippen molar-refractivity contribution < 1.29 is 14.3 Å². The lowest BCUT2D eigenvalue weighted by Gasteiger charge is -2.14. The third-order valence-corrected chi connectivity index (χ3v) is 3.56. The fourth-order valence-electron chi connectivity index (χ4n) is 2.20. The van der Waals surface area contributed by atoms with E-state index in [-0.39, 0.29) is 24.7 Å². The van der Waals surface area contributed by atoms with Gasteiger partial charge in [-0.05, 0) is 36.2 Å². The number of ether oxygens (including phenoxy) is 2. The topological polar surface area (TPSA) is 73.6 Å². The minimum atomic E-state index is -0.117. The van der Waals surface area contributed by atoms with Crippen molar-refractivity contribution in [1.29, 1.82) is 0 Å². The average molecular weight is 365 g/mol. The van der Waals surface area contributed by atoms with E-state index >= 15 is 0 Å². The van der Waals surface area contributed by atoms with Crippen LogP contribution in [0.5, 0.6) is 11.5 Å². The van der Waals surface area contributed by atoms with Gasteiger partial charge in [0.05, 0.1) is 25.8 Å². The van der Waals surface area contributed by atoms with Crippen molar-refractivity contribution in [3.8, 4) is 11.5 Å². The van der Waals surface area contributed by atoms with Gasteiger partial charge in [0.1, 0.15) is 11.5 Å². The van der Waals surface area contributed by atoms with Crippen LogP contribution < -0.4 is 20.5 Å². The largest absolute Gasteiger partial charge is 0.497 e. The molecule has 0 spiro atoms. The Kier molecular flexibility index (Phi) is 8.64.